The maximum atomic E-state index is 8.70. The molecule has 78 valence electrons. The number of nitrogens with zero attached hydrogens (tertiary/aromatic N) is 1. The zero-order valence-electron chi connectivity index (χ0n) is 8.08. The molecule has 1 aliphatic rings. The van der Waals surface area contributed by atoms with Crippen LogP contribution in [0.3, 0.4) is 0 Å². The minimum atomic E-state index is 0.267. The van der Waals surface area contributed by atoms with Crippen LogP contribution >= 0.6 is 0 Å². The van der Waals surface area contributed by atoms with Gasteiger partial charge in [0.05, 0.1) is 6.17 Å². The molecule has 1 saturated heterocycles. The molecule has 0 spiro atoms. The molecule has 0 radical (unpaired) electrons. The predicted octanol–water partition coefficient (Wildman–Crippen LogP) is -0.627. The summed E-state index contributed by atoms with van der Waals surface area (Å²) in [6.07, 6.45) is 3.12. The highest BCUT2D eigenvalue weighted by Crippen LogP contribution is 2.09. The summed E-state index contributed by atoms with van der Waals surface area (Å²) >= 11 is 0. The van der Waals surface area contributed by atoms with Crippen LogP contribution in [0.4, 0.5) is 0 Å². The zero-order chi connectivity index (χ0) is 9.52. The molecule has 0 amide bonds. The Hall–Kier alpha value is -0.160. The average molecular weight is 188 g/mol. The molecule has 0 aromatic heterocycles. The van der Waals surface area contributed by atoms with Crippen molar-refractivity contribution in [2.45, 2.75) is 25.4 Å². The summed E-state index contributed by atoms with van der Waals surface area (Å²) in [6.45, 7) is 3.59. The van der Waals surface area contributed by atoms with Crippen molar-refractivity contribution in [3.05, 3.63) is 0 Å². The Kier molecular flexibility index (Phi) is 5.31. The van der Waals surface area contributed by atoms with Crippen LogP contribution in [0.2, 0.25) is 0 Å². The van der Waals surface area contributed by atoms with Gasteiger partial charge in [-0.25, -0.2) is 0 Å². The second-order valence-electron chi connectivity index (χ2n) is 3.45. The predicted molar refractivity (Wildman–Crippen MR) is 51.4 cm³/mol. The van der Waals surface area contributed by atoms with E-state index in [9.17, 15) is 0 Å². The monoisotopic (exact) mass is 188 g/mol. The van der Waals surface area contributed by atoms with E-state index in [1.807, 2.05) is 0 Å². The quantitative estimate of drug-likeness (QED) is 0.519. The summed E-state index contributed by atoms with van der Waals surface area (Å²) < 4.78 is 0. The number of rotatable bonds is 6. The lowest BCUT2D eigenvalue weighted by atomic mass is 10.2. The minimum Gasteiger partial charge on any atom is -0.396 e. The Morgan fingerprint density at radius 1 is 1.23 bits per heavy atom. The Morgan fingerprint density at radius 2 is 2.00 bits per heavy atom. The van der Waals surface area contributed by atoms with Crippen LogP contribution in [0.25, 0.3) is 0 Å². The number of hydrogen-bond acceptors (Lipinski definition) is 4. The summed E-state index contributed by atoms with van der Waals surface area (Å²) in [5.41, 5.74) is 0. The van der Waals surface area contributed by atoms with Crippen molar-refractivity contribution in [1.82, 2.24) is 10.2 Å². The standard InChI is InChI=1S/C9H20N2O2/c12-7-1-3-9-10-4-6-11(9)5-2-8-13/h9-10,12-13H,1-8H2. The van der Waals surface area contributed by atoms with Gasteiger partial charge in [-0.3, -0.25) is 4.90 Å². The van der Waals surface area contributed by atoms with Gasteiger partial charge < -0.3 is 15.5 Å². The Bertz CT molecular complexity index is 119. The van der Waals surface area contributed by atoms with Crippen molar-refractivity contribution in [2.75, 3.05) is 32.8 Å². The molecule has 3 N–H and O–H groups in total. The highest BCUT2D eigenvalue weighted by atomic mass is 16.3. The molecule has 1 aliphatic heterocycles. The lowest BCUT2D eigenvalue weighted by molar-refractivity contribution is 0.185. The van der Waals surface area contributed by atoms with E-state index in [1.54, 1.807) is 0 Å². The molecule has 4 heteroatoms. The van der Waals surface area contributed by atoms with Crippen LogP contribution in [0.1, 0.15) is 19.3 Å². The van der Waals surface area contributed by atoms with Crippen LogP contribution < -0.4 is 5.32 Å². The number of hydrogen-bond donors (Lipinski definition) is 3. The molecule has 0 aromatic carbocycles. The van der Waals surface area contributed by atoms with E-state index >= 15 is 0 Å². The SMILES string of the molecule is OCCCC1NCCN1CCCO. The molecule has 1 unspecified atom stereocenters. The van der Waals surface area contributed by atoms with Crippen LogP contribution in [-0.4, -0.2) is 54.1 Å². The van der Waals surface area contributed by atoms with Crippen LogP contribution in [0.5, 0.6) is 0 Å². The molecular formula is C9H20N2O2. The normalized spacial score (nSPS) is 24.0. The lowest BCUT2D eigenvalue weighted by Gasteiger charge is -2.23. The molecule has 13 heavy (non-hydrogen) atoms. The third-order valence-corrected chi connectivity index (χ3v) is 2.46. The minimum absolute atomic E-state index is 0.267. The summed E-state index contributed by atoms with van der Waals surface area (Å²) in [4.78, 5) is 2.34. The molecule has 1 fully saturated rings. The van der Waals surface area contributed by atoms with Gasteiger partial charge in [-0.15, -0.1) is 0 Å². The van der Waals surface area contributed by atoms with Crippen LogP contribution in [0.15, 0.2) is 0 Å². The van der Waals surface area contributed by atoms with Gasteiger partial charge in [0.2, 0.25) is 0 Å². The molecular weight excluding hydrogens is 168 g/mol. The number of aliphatic hydroxyl groups excluding tert-OH is 2. The van der Waals surface area contributed by atoms with E-state index in [4.69, 9.17) is 10.2 Å². The first-order chi connectivity index (χ1) is 6.38. The fourth-order valence-electron chi connectivity index (χ4n) is 1.77. The van der Waals surface area contributed by atoms with Crippen molar-refractivity contribution >= 4 is 0 Å². The summed E-state index contributed by atoms with van der Waals surface area (Å²) in [6, 6.07) is 0. The molecule has 0 aromatic rings. The first kappa shape index (κ1) is 10.9. The molecule has 0 saturated carbocycles. The van der Waals surface area contributed by atoms with Crippen molar-refractivity contribution in [3.63, 3.8) is 0 Å². The van der Waals surface area contributed by atoms with Gasteiger partial charge in [0.15, 0.2) is 0 Å². The first-order valence-electron chi connectivity index (χ1n) is 5.07. The molecule has 4 nitrogen and oxygen atoms in total. The Labute approximate surface area is 79.6 Å². The second-order valence-corrected chi connectivity index (χ2v) is 3.45. The van der Waals surface area contributed by atoms with Gasteiger partial charge in [0, 0.05) is 32.8 Å². The Balaban J connectivity index is 2.18. The summed E-state index contributed by atoms with van der Waals surface area (Å²) in [5, 5.41) is 20.8. The third kappa shape index (κ3) is 3.60. The van der Waals surface area contributed by atoms with Crippen molar-refractivity contribution in [2.24, 2.45) is 0 Å². The molecule has 0 bridgehead atoms. The molecule has 0 aliphatic carbocycles. The van der Waals surface area contributed by atoms with Gasteiger partial charge in [-0.05, 0) is 19.3 Å². The van der Waals surface area contributed by atoms with Crippen molar-refractivity contribution in [1.29, 1.82) is 0 Å². The van der Waals surface area contributed by atoms with E-state index < -0.39 is 0 Å². The second kappa shape index (κ2) is 6.32. The van der Waals surface area contributed by atoms with Gasteiger partial charge in [0.1, 0.15) is 0 Å². The highest BCUT2D eigenvalue weighted by Gasteiger charge is 2.21. The number of nitrogens with one attached hydrogen (secondary N) is 1. The fraction of sp³-hybridized carbons (Fsp3) is 1.00. The summed E-state index contributed by atoms with van der Waals surface area (Å²) in [7, 11) is 0. The smallest absolute Gasteiger partial charge is 0.0598 e. The van der Waals surface area contributed by atoms with Crippen molar-refractivity contribution < 1.29 is 10.2 Å². The number of aliphatic hydroxyl groups is 2. The zero-order valence-corrected chi connectivity index (χ0v) is 8.08. The third-order valence-electron chi connectivity index (χ3n) is 2.46. The maximum absolute atomic E-state index is 8.70. The van der Waals surface area contributed by atoms with Gasteiger partial charge >= 0.3 is 0 Å². The van der Waals surface area contributed by atoms with E-state index in [1.165, 1.54) is 0 Å². The molecule has 1 rings (SSSR count). The van der Waals surface area contributed by atoms with E-state index in [0.717, 1.165) is 38.9 Å². The molecule has 1 atom stereocenters. The highest BCUT2D eigenvalue weighted by molar-refractivity contribution is 4.77. The van der Waals surface area contributed by atoms with Crippen LogP contribution in [-0.2, 0) is 0 Å². The van der Waals surface area contributed by atoms with E-state index in [0.29, 0.717) is 6.17 Å². The molecule has 1 heterocycles. The fourth-order valence-corrected chi connectivity index (χ4v) is 1.77. The summed E-state index contributed by atoms with van der Waals surface area (Å²) in [5.74, 6) is 0. The van der Waals surface area contributed by atoms with Gasteiger partial charge in [0.25, 0.3) is 0 Å². The van der Waals surface area contributed by atoms with Gasteiger partial charge in [-0.2, -0.15) is 0 Å². The Morgan fingerprint density at radius 3 is 2.69 bits per heavy atom. The first-order valence-corrected chi connectivity index (χ1v) is 5.07. The topological polar surface area (TPSA) is 55.7 Å². The van der Waals surface area contributed by atoms with E-state index in [2.05, 4.69) is 10.2 Å². The maximum Gasteiger partial charge on any atom is 0.0598 e. The average Bonchev–Trinajstić information content (AvgIpc) is 2.59. The largest absolute Gasteiger partial charge is 0.396 e. The van der Waals surface area contributed by atoms with Crippen molar-refractivity contribution in [3.8, 4) is 0 Å². The van der Waals surface area contributed by atoms with E-state index in [-0.39, 0.29) is 13.2 Å². The van der Waals surface area contributed by atoms with Gasteiger partial charge in [-0.1, -0.05) is 0 Å². The van der Waals surface area contributed by atoms with Crippen LogP contribution in [0, 0.1) is 0 Å². The lowest BCUT2D eigenvalue weighted by Crippen LogP contribution is -2.36.